The van der Waals surface area contributed by atoms with Gasteiger partial charge in [0.25, 0.3) is 0 Å². The second-order valence-electron chi connectivity index (χ2n) is 10.9. The van der Waals surface area contributed by atoms with E-state index in [9.17, 15) is 9.59 Å². The fraction of sp³-hybridized carbons (Fsp3) is 0.531. The SMILES string of the molecule is CCC1(CC)CC(=O)N(C2CC(OC)c3ccc(C(C)=O)cc32)C(N)=N1.CCCC1CCc2ccccc21. The number of hydrogen-bond acceptors (Lipinski definition) is 5. The molecule has 5 rings (SSSR count). The molecule has 0 saturated carbocycles. The molecular weight excluding hydrogens is 474 g/mol. The first-order valence-electron chi connectivity index (χ1n) is 14.2. The Kier molecular flexibility index (Phi) is 8.71. The van der Waals surface area contributed by atoms with Crippen molar-refractivity contribution < 1.29 is 14.3 Å². The highest BCUT2D eigenvalue weighted by Crippen LogP contribution is 2.46. The lowest BCUT2D eigenvalue weighted by Crippen LogP contribution is -2.52. The molecule has 6 nitrogen and oxygen atoms in total. The normalized spacial score (nSPS) is 23.3. The highest BCUT2D eigenvalue weighted by atomic mass is 16.5. The maximum Gasteiger partial charge on any atom is 0.232 e. The molecule has 0 spiro atoms. The van der Waals surface area contributed by atoms with E-state index in [0.717, 1.165) is 29.9 Å². The summed E-state index contributed by atoms with van der Waals surface area (Å²) in [7, 11) is 1.66. The lowest BCUT2D eigenvalue weighted by atomic mass is 9.87. The van der Waals surface area contributed by atoms with Gasteiger partial charge in [-0.25, -0.2) is 4.99 Å². The average molecular weight is 518 g/mol. The Labute approximate surface area is 227 Å². The summed E-state index contributed by atoms with van der Waals surface area (Å²) in [5, 5.41) is 0. The number of guanidine groups is 1. The van der Waals surface area contributed by atoms with Gasteiger partial charge in [-0.2, -0.15) is 0 Å². The molecular formula is C32H43N3O3. The van der Waals surface area contributed by atoms with Crippen molar-refractivity contribution in [3.63, 3.8) is 0 Å². The number of ketones is 1. The first kappa shape index (κ1) is 28.0. The van der Waals surface area contributed by atoms with Gasteiger partial charge in [-0.15, -0.1) is 0 Å². The molecule has 2 aromatic rings. The monoisotopic (exact) mass is 517 g/mol. The minimum atomic E-state index is -0.402. The second-order valence-corrected chi connectivity index (χ2v) is 10.9. The van der Waals surface area contributed by atoms with Crippen molar-refractivity contribution in [2.24, 2.45) is 10.7 Å². The Bertz CT molecular complexity index is 1200. The van der Waals surface area contributed by atoms with E-state index in [1.165, 1.54) is 32.6 Å². The Morgan fingerprint density at radius 1 is 1.11 bits per heavy atom. The smallest absolute Gasteiger partial charge is 0.232 e. The standard InChI is InChI=1S/C20H27N3O3.C12H16/c1-5-20(6-2)11-18(25)23(19(21)22-20)16-10-17(26-4)14-8-7-13(12(3)24)9-15(14)16;1-2-5-10-8-9-11-6-3-4-7-12(10)11/h7-9,16-17H,5-6,10-11H2,1-4H3,(H2,21,22);3-4,6-7,10H,2,5,8-9H2,1H3. The maximum atomic E-state index is 13.0. The predicted molar refractivity (Wildman–Crippen MR) is 152 cm³/mol. The molecule has 2 aromatic carbocycles. The number of amides is 1. The quantitative estimate of drug-likeness (QED) is 0.417. The number of aryl methyl sites for hydroxylation is 1. The highest BCUT2D eigenvalue weighted by Gasteiger charge is 2.44. The first-order chi connectivity index (χ1) is 18.3. The molecule has 0 aromatic heterocycles. The van der Waals surface area contributed by atoms with Crippen molar-refractivity contribution in [1.82, 2.24) is 4.90 Å². The van der Waals surface area contributed by atoms with E-state index in [2.05, 4.69) is 31.2 Å². The summed E-state index contributed by atoms with van der Waals surface area (Å²) in [6.07, 6.45) is 7.78. The summed E-state index contributed by atoms with van der Waals surface area (Å²) in [5.41, 5.74) is 11.6. The molecule has 2 N–H and O–H groups in total. The molecule has 3 unspecified atom stereocenters. The third-order valence-electron chi connectivity index (χ3n) is 8.79. The number of ether oxygens (including phenoxy) is 1. The number of nitrogens with two attached hydrogens (primary N) is 1. The lowest BCUT2D eigenvalue weighted by molar-refractivity contribution is -0.131. The Morgan fingerprint density at radius 2 is 1.84 bits per heavy atom. The molecule has 0 saturated heterocycles. The number of rotatable bonds is 7. The van der Waals surface area contributed by atoms with Crippen LogP contribution in [0.5, 0.6) is 0 Å². The summed E-state index contributed by atoms with van der Waals surface area (Å²) in [4.78, 5) is 31.1. The minimum absolute atomic E-state index is 0.00462. The molecule has 3 atom stereocenters. The van der Waals surface area contributed by atoms with Crippen molar-refractivity contribution in [3.8, 4) is 0 Å². The van der Waals surface area contributed by atoms with Crippen molar-refractivity contribution in [2.45, 2.75) is 103 Å². The number of carbonyl (C=O) groups is 2. The Morgan fingerprint density at radius 3 is 2.47 bits per heavy atom. The van der Waals surface area contributed by atoms with Crippen molar-refractivity contribution in [2.75, 3.05) is 7.11 Å². The number of hydrogen-bond donors (Lipinski definition) is 1. The molecule has 1 aliphatic heterocycles. The van der Waals surface area contributed by atoms with E-state index >= 15 is 0 Å². The summed E-state index contributed by atoms with van der Waals surface area (Å²) < 4.78 is 5.61. The van der Waals surface area contributed by atoms with Gasteiger partial charge in [0.2, 0.25) is 5.91 Å². The summed E-state index contributed by atoms with van der Waals surface area (Å²) >= 11 is 0. The third kappa shape index (κ3) is 5.42. The molecule has 2 aliphatic carbocycles. The van der Waals surface area contributed by atoms with Crippen LogP contribution in [0.2, 0.25) is 0 Å². The van der Waals surface area contributed by atoms with Crippen LogP contribution in [0.3, 0.4) is 0 Å². The van der Waals surface area contributed by atoms with Gasteiger partial charge in [-0.05, 0) is 73.3 Å². The van der Waals surface area contributed by atoms with Crippen LogP contribution in [0, 0.1) is 0 Å². The van der Waals surface area contributed by atoms with Gasteiger partial charge in [-0.1, -0.05) is 63.6 Å². The van der Waals surface area contributed by atoms with Gasteiger partial charge in [0.1, 0.15) is 0 Å². The van der Waals surface area contributed by atoms with Gasteiger partial charge in [0.05, 0.1) is 24.1 Å². The molecule has 1 heterocycles. The molecule has 0 bridgehead atoms. The molecule has 0 fully saturated rings. The molecule has 204 valence electrons. The maximum absolute atomic E-state index is 13.0. The van der Waals surface area contributed by atoms with Gasteiger partial charge < -0.3 is 10.5 Å². The van der Waals surface area contributed by atoms with E-state index in [0.29, 0.717) is 18.4 Å². The third-order valence-corrected chi connectivity index (χ3v) is 8.79. The number of aliphatic imine (C=N–C) groups is 1. The van der Waals surface area contributed by atoms with Crippen molar-refractivity contribution in [3.05, 3.63) is 70.3 Å². The van der Waals surface area contributed by atoms with Gasteiger partial charge >= 0.3 is 0 Å². The molecule has 38 heavy (non-hydrogen) atoms. The van der Waals surface area contributed by atoms with Crippen LogP contribution in [0.15, 0.2) is 47.5 Å². The van der Waals surface area contributed by atoms with Crippen LogP contribution >= 0.6 is 0 Å². The predicted octanol–water partition coefficient (Wildman–Crippen LogP) is 6.64. The number of carbonyl (C=O) groups excluding carboxylic acids is 2. The van der Waals surface area contributed by atoms with Crippen LogP contribution in [0.25, 0.3) is 0 Å². The van der Waals surface area contributed by atoms with Crippen molar-refractivity contribution in [1.29, 1.82) is 0 Å². The zero-order valence-electron chi connectivity index (χ0n) is 23.6. The van der Waals surface area contributed by atoms with Crippen molar-refractivity contribution >= 4 is 17.6 Å². The summed E-state index contributed by atoms with van der Waals surface area (Å²) in [5.74, 6) is 1.12. The summed E-state index contributed by atoms with van der Waals surface area (Å²) in [6, 6.07) is 14.3. The fourth-order valence-corrected chi connectivity index (χ4v) is 6.42. The number of methoxy groups -OCH3 is 1. The van der Waals surface area contributed by atoms with Gasteiger partial charge in [0.15, 0.2) is 11.7 Å². The zero-order chi connectivity index (χ0) is 27.4. The van der Waals surface area contributed by atoms with Crippen LogP contribution in [0.4, 0.5) is 0 Å². The topological polar surface area (TPSA) is 85.0 Å². The Hall–Kier alpha value is -2.99. The minimum Gasteiger partial charge on any atom is -0.377 e. The van der Waals surface area contributed by atoms with Crippen LogP contribution in [-0.2, 0) is 16.0 Å². The van der Waals surface area contributed by atoms with Gasteiger partial charge in [0, 0.05) is 19.1 Å². The van der Waals surface area contributed by atoms with E-state index in [-0.39, 0.29) is 29.8 Å². The average Bonchev–Trinajstić information content (AvgIpc) is 3.50. The fourth-order valence-electron chi connectivity index (χ4n) is 6.42. The number of nitrogens with zero attached hydrogens (tertiary/aromatic N) is 2. The summed E-state index contributed by atoms with van der Waals surface area (Å²) in [6.45, 7) is 7.89. The molecule has 3 aliphatic rings. The first-order valence-corrected chi connectivity index (χ1v) is 14.2. The largest absolute Gasteiger partial charge is 0.377 e. The molecule has 1 amide bonds. The number of Topliss-reactive ketones (excluding diaryl/α,β-unsaturated/α-hetero) is 1. The van der Waals surface area contributed by atoms with E-state index in [4.69, 9.17) is 15.5 Å². The van der Waals surface area contributed by atoms with E-state index in [1.807, 2.05) is 32.0 Å². The molecule has 0 radical (unpaired) electrons. The van der Waals surface area contributed by atoms with Crippen LogP contribution in [0.1, 0.15) is 123 Å². The molecule has 6 heteroatoms. The zero-order valence-corrected chi connectivity index (χ0v) is 23.6. The van der Waals surface area contributed by atoms with Crippen LogP contribution in [-0.4, -0.2) is 35.2 Å². The highest BCUT2D eigenvalue weighted by molar-refractivity contribution is 6.00. The van der Waals surface area contributed by atoms with Gasteiger partial charge in [-0.3, -0.25) is 14.5 Å². The second kappa shape index (κ2) is 11.8. The Balaban J connectivity index is 0.000000232. The van der Waals surface area contributed by atoms with Crippen LogP contribution < -0.4 is 5.73 Å². The van der Waals surface area contributed by atoms with E-state index in [1.54, 1.807) is 23.1 Å². The number of fused-ring (bicyclic) bond motifs is 2. The van der Waals surface area contributed by atoms with E-state index < -0.39 is 5.54 Å². The lowest BCUT2D eigenvalue weighted by Gasteiger charge is -2.39. The number of benzene rings is 2.